The molecule has 0 aromatic heterocycles. The Balaban J connectivity index is 3.27. The Kier molecular flexibility index (Phi) is 3.15. The highest BCUT2D eigenvalue weighted by molar-refractivity contribution is 7.80. The Labute approximate surface area is 87.4 Å². The summed E-state index contributed by atoms with van der Waals surface area (Å²) < 4.78 is 0. The summed E-state index contributed by atoms with van der Waals surface area (Å²) in [5.74, 6) is -0.958. The summed E-state index contributed by atoms with van der Waals surface area (Å²) in [5, 5.41) is 17.4. The largest absolute Gasteiger partial charge is 0.481 e. The molecule has 0 bridgehead atoms. The first-order chi connectivity index (χ1) is 6.54. The van der Waals surface area contributed by atoms with E-state index in [0.717, 1.165) is 5.56 Å². The summed E-state index contributed by atoms with van der Waals surface area (Å²) in [4.78, 5) is 11.1. The van der Waals surface area contributed by atoms with Gasteiger partial charge in [0.1, 0.15) is 0 Å². The van der Waals surface area contributed by atoms with Gasteiger partial charge in [-0.2, -0.15) is 5.26 Å². The van der Waals surface area contributed by atoms with Crippen molar-refractivity contribution in [3.63, 3.8) is 0 Å². The second kappa shape index (κ2) is 4.16. The van der Waals surface area contributed by atoms with Crippen molar-refractivity contribution in [2.75, 3.05) is 0 Å². The highest BCUT2D eigenvalue weighted by Crippen LogP contribution is 2.20. The highest BCUT2D eigenvalue weighted by Gasteiger charge is 2.10. The van der Waals surface area contributed by atoms with Crippen LogP contribution < -0.4 is 0 Å². The molecule has 14 heavy (non-hydrogen) atoms. The van der Waals surface area contributed by atoms with Crippen molar-refractivity contribution in [2.45, 2.75) is 18.2 Å². The quantitative estimate of drug-likeness (QED) is 0.727. The molecule has 1 N–H and O–H groups in total. The predicted octanol–water partition coefficient (Wildman–Crippen LogP) is 1.78. The number of aryl methyl sites for hydroxylation is 1. The molecule has 0 unspecified atom stereocenters. The monoisotopic (exact) mass is 207 g/mol. The minimum Gasteiger partial charge on any atom is -0.481 e. The molecule has 0 fully saturated rings. The van der Waals surface area contributed by atoms with E-state index in [0.29, 0.717) is 16.0 Å². The molecule has 0 aliphatic carbocycles. The summed E-state index contributed by atoms with van der Waals surface area (Å²) >= 11 is 4.15. The molecule has 1 aromatic carbocycles. The van der Waals surface area contributed by atoms with E-state index in [1.807, 2.05) is 13.0 Å². The average Bonchev–Trinajstić information content (AvgIpc) is 2.08. The smallest absolute Gasteiger partial charge is 0.307 e. The number of carboxylic acid groups (broad SMARTS) is 1. The van der Waals surface area contributed by atoms with Crippen molar-refractivity contribution >= 4 is 18.6 Å². The molecule has 0 aliphatic heterocycles. The van der Waals surface area contributed by atoms with Crippen LogP contribution in [0.3, 0.4) is 0 Å². The Hall–Kier alpha value is -1.47. The molecular formula is C10H9NO2S. The van der Waals surface area contributed by atoms with Gasteiger partial charge in [0, 0.05) is 4.90 Å². The minimum absolute atomic E-state index is 0.165. The summed E-state index contributed by atoms with van der Waals surface area (Å²) in [5.41, 5.74) is 1.77. The third-order valence-electron chi connectivity index (χ3n) is 1.82. The standard InChI is InChI=1S/C10H9NO2S/c1-6-2-7(5-11)8(4-10(12)13)9(14)3-6/h2-3,14H,4H2,1H3,(H,12,13). The Morgan fingerprint density at radius 3 is 2.79 bits per heavy atom. The topological polar surface area (TPSA) is 61.1 Å². The first-order valence-corrected chi connectivity index (χ1v) is 4.43. The molecule has 0 radical (unpaired) electrons. The fourth-order valence-corrected chi connectivity index (χ4v) is 1.64. The third kappa shape index (κ3) is 2.27. The minimum atomic E-state index is -0.958. The van der Waals surface area contributed by atoms with Crippen LogP contribution in [0.1, 0.15) is 16.7 Å². The van der Waals surface area contributed by atoms with Gasteiger partial charge in [-0.05, 0) is 30.2 Å². The van der Waals surface area contributed by atoms with Gasteiger partial charge in [-0.25, -0.2) is 0 Å². The van der Waals surface area contributed by atoms with Gasteiger partial charge >= 0.3 is 5.97 Å². The van der Waals surface area contributed by atoms with Crippen molar-refractivity contribution in [2.24, 2.45) is 0 Å². The number of aliphatic carboxylic acids is 1. The van der Waals surface area contributed by atoms with Crippen LogP contribution >= 0.6 is 12.6 Å². The van der Waals surface area contributed by atoms with E-state index in [2.05, 4.69) is 12.6 Å². The predicted molar refractivity (Wildman–Crippen MR) is 54.5 cm³/mol. The highest BCUT2D eigenvalue weighted by atomic mass is 32.1. The molecule has 72 valence electrons. The van der Waals surface area contributed by atoms with E-state index in [4.69, 9.17) is 10.4 Å². The van der Waals surface area contributed by atoms with Crippen molar-refractivity contribution in [3.05, 3.63) is 28.8 Å². The van der Waals surface area contributed by atoms with E-state index in [1.165, 1.54) is 0 Å². The lowest BCUT2D eigenvalue weighted by Gasteiger charge is -2.05. The molecule has 0 atom stereocenters. The molecule has 0 saturated heterocycles. The number of carbonyl (C=O) groups is 1. The van der Waals surface area contributed by atoms with Crippen LogP contribution in [0.2, 0.25) is 0 Å². The molecule has 0 aliphatic rings. The lowest BCUT2D eigenvalue weighted by atomic mass is 10.0. The van der Waals surface area contributed by atoms with Crippen molar-refractivity contribution in [3.8, 4) is 6.07 Å². The summed E-state index contributed by atoms with van der Waals surface area (Å²) in [6.45, 7) is 1.84. The maximum atomic E-state index is 10.5. The van der Waals surface area contributed by atoms with Crippen LogP contribution in [0.5, 0.6) is 0 Å². The fourth-order valence-electron chi connectivity index (χ4n) is 1.23. The van der Waals surface area contributed by atoms with Crippen LogP contribution in [0.15, 0.2) is 17.0 Å². The SMILES string of the molecule is Cc1cc(S)c(CC(=O)O)c(C#N)c1. The zero-order chi connectivity index (χ0) is 10.7. The van der Waals surface area contributed by atoms with Gasteiger partial charge in [0.2, 0.25) is 0 Å². The first kappa shape index (κ1) is 10.6. The zero-order valence-electron chi connectivity index (χ0n) is 7.61. The molecule has 1 aromatic rings. The van der Waals surface area contributed by atoms with E-state index in [1.54, 1.807) is 12.1 Å². The summed E-state index contributed by atoms with van der Waals surface area (Å²) in [6.07, 6.45) is -0.165. The van der Waals surface area contributed by atoms with Gasteiger partial charge < -0.3 is 5.11 Å². The third-order valence-corrected chi connectivity index (χ3v) is 2.22. The van der Waals surface area contributed by atoms with Gasteiger partial charge in [-0.15, -0.1) is 12.6 Å². The maximum absolute atomic E-state index is 10.5. The van der Waals surface area contributed by atoms with Crippen molar-refractivity contribution in [1.29, 1.82) is 5.26 Å². The van der Waals surface area contributed by atoms with Gasteiger partial charge in [0.05, 0.1) is 18.1 Å². The number of hydrogen-bond acceptors (Lipinski definition) is 3. The Morgan fingerprint density at radius 2 is 2.29 bits per heavy atom. The maximum Gasteiger partial charge on any atom is 0.307 e. The van der Waals surface area contributed by atoms with E-state index >= 15 is 0 Å². The van der Waals surface area contributed by atoms with E-state index in [-0.39, 0.29) is 6.42 Å². The molecule has 3 nitrogen and oxygen atoms in total. The number of nitrogens with zero attached hydrogens (tertiary/aromatic N) is 1. The molecule has 1 rings (SSSR count). The number of benzene rings is 1. The number of hydrogen-bond donors (Lipinski definition) is 2. The second-order valence-electron chi connectivity index (χ2n) is 2.99. The Bertz CT molecular complexity index is 421. The second-order valence-corrected chi connectivity index (χ2v) is 3.47. The van der Waals surface area contributed by atoms with Crippen LogP contribution in [0.25, 0.3) is 0 Å². The fraction of sp³-hybridized carbons (Fsp3) is 0.200. The molecule has 0 heterocycles. The van der Waals surface area contributed by atoms with Crippen molar-refractivity contribution in [1.82, 2.24) is 0 Å². The molecular weight excluding hydrogens is 198 g/mol. The Morgan fingerprint density at radius 1 is 1.64 bits per heavy atom. The van der Waals surface area contributed by atoms with E-state index in [9.17, 15) is 4.79 Å². The summed E-state index contributed by atoms with van der Waals surface area (Å²) in [7, 11) is 0. The molecule has 0 saturated carbocycles. The number of carboxylic acids is 1. The van der Waals surface area contributed by atoms with Crippen molar-refractivity contribution < 1.29 is 9.90 Å². The molecule has 0 spiro atoms. The van der Waals surface area contributed by atoms with Crippen LogP contribution in [0.4, 0.5) is 0 Å². The average molecular weight is 207 g/mol. The van der Waals surface area contributed by atoms with Crippen LogP contribution in [-0.4, -0.2) is 11.1 Å². The zero-order valence-corrected chi connectivity index (χ0v) is 8.51. The normalized spacial score (nSPS) is 9.50. The molecule has 0 amide bonds. The first-order valence-electron chi connectivity index (χ1n) is 3.99. The van der Waals surface area contributed by atoms with Gasteiger partial charge in [-0.1, -0.05) is 0 Å². The van der Waals surface area contributed by atoms with Gasteiger partial charge in [-0.3, -0.25) is 4.79 Å². The van der Waals surface area contributed by atoms with Gasteiger partial charge in [0.15, 0.2) is 0 Å². The number of rotatable bonds is 2. The van der Waals surface area contributed by atoms with Gasteiger partial charge in [0.25, 0.3) is 0 Å². The number of nitriles is 1. The molecule has 4 heteroatoms. The summed E-state index contributed by atoms with van der Waals surface area (Å²) in [6, 6.07) is 5.39. The number of thiol groups is 1. The lowest BCUT2D eigenvalue weighted by molar-refractivity contribution is -0.136. The van der Waals surface area contributed by atoms with E-state index < -0.39 is 5.97 Å². The van der Waals surface area contributed by atoms with Crippen LogP contribution in [-0.2, 0) is 11.2 Å². The van der Waals surface area contributed by atoms with Crippen LogP contribution in [0, 0.1) is 18.3 Å². The lowest BCUT2D eigenvalue weighted by Crippen LogP contribution is -2.03.